The number of phosphoric ester groups is 1. The van der Waals surface area contributed by atoms with Crippen molar-refractivity contribution in [3.8, 4) is 0 Å². The van der Waals surface area contributed by atoms with Crippen molar-refractivity contribution in [2.24, 2.45) is 0 Å². The molecule has 0 fully saturated rings. The highest BCUT2D eigenvalue weighted by atomic mass is 31.2. The summed E-state index contributed by atoms with van der Waals surface area (Å²) >= 11 is 0. The molecule has 0 aliphatic heterocycles. The molecule has 0 aliphatic carbocycles. The molecule has 0 saturated carbocycles. The first kappa shape index (κ1) is 62.8. The van der Waals surface area contributed by atoms with Crippen molar-refractivity contribution in [3.05, 3.63) is 12.2 Å². The van der Waals surface area contributed by atoms with Gasteiger partial charge in [0.25, 0.3) is 0 Å². The molecule has 0 heterocycles. The maximum Gasteiger partial charge on any atom is 0.472 e. The van der Waals surface area contributed by atoms with Crippen LogP contribution in [0.5, 0.6) is 0 Å². The number of nitrogens with one attached hydrogen (secondary N) is 1. The van der Waals surface area contributed by atoms with E-state index in [1.165, 1.54) is 218 Å². The second kappa shape index (κ2) is 51.1. The van der Waals surface area contributed by atoms with E-state index >= 15 is 0 Å². The van der Waals surface area contributed by atoms with Crippen LogP contribution in [0.25, 0.3) is 0 Å². The van der Waals surface area contributed by atoms with Gasteiger partial charge in [-0.3, -0.25) is 18.6 Å². The predicted molar refractivity (Wildman–Crippen MR) is 271 cm³/mol. The topological polar surface area (TPSA) is 120 Å². The molecule has 64 heavy (non-hydrogen) atoms. The van der Waals surface area contributed by atoms with Crippen molar-refractivity contribution in [2.75, 3.05) is 33.4 Å². The van der Waals surface area contributed by atoms with Gasteiger partial charge in [0.15, 0.2) is 6.10 Å². The van der Waals surface area contributed by atoms with Gasteiger partial charge in [0.05, 0.1) is 13.2 Å². The highest BCUT2D eigenvalue weighted by Crippen LogP contribution is 2.43. The van der Waals surface area contributed by atoms with Gasteiger partial charge in [0.1, 0.15) is 6.61 Å². The lowest BCUT2D eigenvalue weighted by molar-refractivity contribution is -0.161. The molecule has 0 amide bonds. The van der Waals surface area contributed by atoms with Crippen LogP contribution in [0.4, 0.5) is 0 Å². The number of ether oxygens (including phenoxy) is 2. The van der Waals surface area contributed by atoms with Gasteiger partial charge in [-0.05, 0) is 45.6 Å². The van der Waals surface area contributed by atoms with Crippen LogP contribution in [0, 0.1) is 0 Å². The van der Waals surface area contributed by atoms with Crippen LogP contribution >= 0.6 is 7.82 Å². The fourth-order valence-corrected chi connectivity index (χ4v) is 8.95. The van der Waals surface area contributed by atoms with Gasteiger partial charge in [-0.15, -0.1) is 0 Å². The van der Waals surface area contributed by atoms with Gasteiger partial charge in [0.2, 0.25) is 0 Å². The smallest absolute Gasteiger partial charge is 0.462 e. The molecular formula is C54H106NO8P. The molecule has 2 unspecified atom stereocenters. The summed E-state index contributed by atoms with van der Waals surface area (Å²) in [7, 11) is -2.64. The molecule has 0 aromatic carbocycles. The quantitative estimate of drug-likeness (QED) is 0.0266. The van der Waals surface area contributed by atoms with Crippen molar-refractivity contribution >= 4 is 19.8 Å². The third-order valence-electron chi connectivity index (χ3n) is 12.4. The second-order valence-electron chi connectivity index (χ2n) is 18.8. The van der Waals surface area contributed by atoms with Crippen LogP contribution in [-0.2, 0) is 32.7 Å². The fraction of sp³-hybridized carbons (Fsp3) is 0.926. The van der Waals surface area contributed by atoms with Gasteiger partial charge in [-0.25, -0.2) is 4.57 Å². The minimum absolute atomic E-state index is 0.0130. The minimum Gasteiger partial charge on any atom is -0.462 e. The monoisotopic (exact) mass is 928 g/mol. The normalized spacial score (nSPS) is 13.1. The molecule has 0 aliphatic rings. The van der Waals surface area contributed by atoms with E-state index in [2.05, 4.69) is 31.3 Å². The van der Waals surface area contributed by atoms with Gasteiger partial charge in [-0.2, -0.15) is 0 Å². The molecule has 0 spiro atoms. The van der Waals surface area contributed by atoms with Gasteiger partial charge in [0, 0.05) is 19.4 Å². The first-order chi connectivity index (χ1) is 31.3. The standard InChI is InChI=1S/C54H106NO8P/c1-4-6-8-10-12-14-16-18-20-22-24-26-28-30-32-34-36-38-40-42-44-46-53(56)60-50-52(51-62-64(58,59)61-49-48-55-3)63-54(57)47-45-43-41-39-37-35-33-31-29-27-25-23-21-19-17-15-13-11-9-7-5-2/h18,20,52,55H,4-17,19,21-51H2,1-3H3,(H,58,59)/b20-18-. The Labute approximate surface area is 396 Å². The predicted octanol–water partition coefficient (Wildman–Crippen LogP) is 16.8. The highest BCUT2D eigenvalue weighted by Gasteiger charge is 2.26. The van der Waals surface area contributed by atoms with Crippen molar-refractivity contribution in [3.63, 3.8) is 0 Å². The molecular weight excluding hydrogens is 822 g/mol. The highest BCUT2D eigenvalue weighted by molar-refractivity contribution is 7.47. The summed E-state index contributed by atoms with van der Waals surface area (Å²) < 4.78 is 33.4. The van der Waals surface area contributed by atoms with E-state index in [0.717, 1.165) is 32.1 Å². The summed E-state index contributed by atoms with van der Waals surface area (Å²) in [6.07, 6.45) is 55.5. The van der Waals surface area contributed by atoms with Gasteiger partial charge >= 0.3 is 19.8 Å². The summed E-state index contributed by atoms with van der Waals surface area (Å²) in [6, 6.07) is 0. The Morgan fingerprint density at radius 3 is 1.16 bits per heavy atom. The van der Waals surface area contributed by atoms with Crippen LogP contribution < -0.4 is 5.32 Å². The Balaban J connectivity index is 4.03. The molecule has 2 N–H and O–H groups in total. The Kier molecular flexibility index (Phi) is 50.1. The van der Waals surface area contributed by atoms with Crippen LogP contribution in [0.1, 0.15) is 284 Å². The van der Waals surface area contributed by atoms with Gasteiger partial charge < -0.3 is 19.7 Å². The van der Waals surface area contributed by atoms with E-state index in [1.807, 2.05) is 0 Å². The summed E-state index contributed by atoms with van der Waals surface area (Å²) in [5.74, 6) is -0.788. The lowest BCUT2D eigenvalue weighted by Gasteiger charge is -2.20. The first-order valence-corrected chi connectivity index (χ1v) is 29.1. The lowest BCUT2D eigenvalue weighted by atomic mass is 10.0. The largest absolute Gasteiger partial charge is 0.472 e. The molecule has 0 aromatic heterocycles. The molecule has 0 radical (unpaired) electrons. The Bertz CT molecular complexity index is 1060. The molecule has 9 nitrogen and oxygen atoms in total. The molecule has 380 valence electrons. The van der Waals surface area contributed by atoms with E-state index in [-0.39, 0.29) is 25.6 Å². The molecule has 2 atom stereocenters. The summed E-state index contributed by atoms with van der Waals surface area (Å²) in [5.41, 5.74) is 0. The number of esters is 2. The maximum absolute atomic E-state index is 12.7. The maximum atomic E-state index is 12.7. The van der Waals surface area contributed by atoms with E-state index in [9.17, 15) is 19.0 Å². The van der Waals surface area contributed by atoms with Crippen LogP contribution in [0.2, 0.25) is 0 Å². The lowest BCUT2D eigenvalue weighted by Crippen LogP contribution is -2.29. The zero-order valence-electron chi connectivity index (χ0n) is 42.5. The summed E-state index contributed by atoms with van der Waals surface area (Å²) in [5, 5.41) is 2.84. The fourth-order valence-electron chi connectivity index (χ4n) is 8.20. The van der Waals surface area contributed by atoms with Crippen LogP contribution in [-0.4, -0.2) is 56.3 Å². The number of unbranched alkanes of at least 4 members (excludes halogenated alkanes) is 37. The number of rotatable bonds is 53. The summed E-state index contributed by atoms with van der Waals surface area (Å²) in [4.78, 5) is 35.3. The van der Waals surface area contributed by atoms with Crippen molar-refractivity contribution in [1.82, 2.24) is 5.32 Å². The Morgan fingerprint density at radius 1 is 0.469 bits per heavy atom. The SMILES string of the molecule is CCCCCCCC/C=C\CCCCCCCCCCCCCC(=O)OCC(COP(=O)(O)OCCNC)OC(=O)CCCCCCCCCCCCCCCCCCCCCCC. The van der Waals surface area contributed by atoms with Crippen molar-refractivity contribution in [2.45, 2.75) is 290 Å². The molecule has 0 saturated heterocycles. The number of hydrogen-bond acceptors (Lipinski definition) is 8. The third-order valence-corrected chi connectivity index (χ3v) is 13.4. The molecule has 0 aromatic rings. The number of phosphoric acid groups is 1. The average Bonchev–Trinajstić information content (AvgIpc) is 3.28. The number of carbonyl (C=O) groups is 2. The molecule has 0 rings (SSSR count). The Hall–Kier alpha value is -1.25. The van der Waals surface area contributed by atoms with Crippen LogP contribution in [0.3, 0.4) is 0 Å². The Morgan fingerprint density at radius 2 is 0.797 bits per heavy atom. The van der Waals surface area contributed by atoms with E-state index in [0.29, 0.717) is 19.4 Å². The van der Waals surface area contributed by atoms with Crippen molar-refractivity contribution in [1.29, 1.82) is 0 Å². The molecule has 10 heteroatoms. The zero-order chi connectivity index (χ0) is 46.7. The minimum atomic E-state index is -4.35. The second-order valence-corrected chi connectivity index (χ2v) is 20.2. The van der Waals surface area contributed by atoms with Gasteiger partial charge in [-0.1, -0.05) is 244 Å². The number of likely N-dealkylation sites (N-methyl/N-ethyl adjacent to an activating group) is 1. The number of allylic oxidation sites excluding steroid dienone is 2. The zero-order valence-corrected chi connectivity index (χ0v) is 43.4. The third kappa shape index (κ3) is 50.2. The van der Waals surface area contributed by atoms with E-state index in [1.54, 1.807) is 7.05 Å². The van der Waals surface area contributed by atoms with Crippen molar-refractivity contribution < 1.29 is 37.6 Å². The number of carbonyl (C=O) groups excluding carboxylic acids is 2. The van der Waals surface area contributed by atoms with E-state index in [4.69, 9.17) is 18.5 Å². The van der Waals surface area contributed by atoms with E-state index < -0.39 is 26.5 Å². The first-order valence-electron chi connectivity index (χ1n) is 27.6. The summed E-state index contributed by atoms with van der Waals surface area (Å²) in [6.45, 7) is 4.29. The number of hydrogen-bond donors (Lipinski definition) is 2. The average molecular weight is 928 g/mol. The van der Waals surface area contributed by atoms with Crippen LogP contribution in [0.15, 0.2) is 12.2 Å². The molecule has 0 bridgehead atoms.